The number of amides is 1. The first-order valence-electron chi connectivity index (χ1n) is 8.86. The Labute approximate surface area is 147 Å². The molecule has 6 nitrogen and oxygen atoms in total. The molecule has 1 amide bonds. The summed E-state index contributed by atoms with van der Waals surface area (Å²) in [5, 5.41) is 4.12. The topological polar surface area (TPSA) is 58.8 Å². The third-order valence-electron chi connectivity index (χ3n) is 4.95. The van der Waals surface area contributed by atoms with Crippen molar-refractivity contribution in [2.75, 3.05) is 26.2 Å². The van der Waals surface area contributed by atoms with Gasteiger partial charge in [0.15, 0.2) is 0 Å². The number of hydrogen-bond donors (Lipinski definition) is 0. The zero-order valence-corrected chi connectivity index (χ0v) is 14.5. The Morgan fingerprint density at radius 2 is 2.20 bits per heavy atom. The molecule has 2 aromatic rings. The van der Waals surface area contributed by atoms with Gasteiger partial charge in [0.05, 0.1) is 12.6 Å². The lowest BCUT2D eigenvalue weighted by Gasteiger charge is -2.26. The van der Waals surface area contributed by atoms with Gasteiger partial charge in [-0.25, -0.2) is 0 Å². The first-order chi connectivity index (χ1) is 12.2. The minimum Gasteiger partial charge on any atom is -0.492 e. The van der Waals surface area contributed by atoms with Gasteiger partial charge in [-0.05, 0) is 25.8 Å². The number of benzene rings is 1. The van der Waals surface area contributed by atoms with Gasteiger partial charge < -0.3 is 14.2 Å². The molecule has 1 saturated heterocycles. The van der Waals surface area contributed by atoms with Gasteiger partial charge >= 0.3 is 0 Å². The van der Waals surface area contributed by atoms with E-state index in [9.17, 15) is 4.79 Å². The molecular formula is C19H23N3O3. The number of aryl methyl sites for hydroxylation is 1. The summed E-state index contributed by atoms with van der Waals surface area (Å²) in [6.45, 7) is 5.18. The van der Waals surface area contributed by atoms with Crippen LogP contribution in [0.25, 0.3) is 0 Å². The molecule has 0 radical (unpaired) electrons. The maximum Gasteiger partial charge on any atom is 0.237 e. The fourth-order valence-electron chi connectivity index (χ4n) is 3.71. The molecule has 0 bridgehead atoms. The van der Waals surface area contributed by atoms with Crippen molar-refractivity contribution in [2.24, 2.45) is 0 Å². The molecule has 132 valence electrons. The Hall–Kier alpha value is -2.34. The summed E-state index contributed by atoms with van der Waals surface area (Å²) in [6.07, 6.45) is 1.96. The molecule has 0 unspecified atom stereocenters. The predicted octanol–water partition coefficient (Wildman–Crippen LogP) is 2.54. The van der Waals surface area contributed by atoms with Crippen LogP contribution in [0.2, 0.25) is 0 Å². The number of likely N-dealkylation sites (tertiary alicyclic amines) is 1. The Kier molecular flexibility index (Phi) is 4.44. The first-order valence-corrected chi connectivity index (χ1v) is 8.86. The van der Waals surface area contributed by atoms with E-state index in [0.29, 0.717) is 13.2 Å². The summed E-state index contributed by atoms with van der Waals surface area (Å²) in [4.78, 5) is 17.0. The quantitative estimate of drug-likeness (QED) is 0.859. The van der Waals surface area contributed by atoms with Crippen molar-refractivity contribution in [3.8, 4) is 5.75 Å². The molecule has 0 saturated carbocycles. The molecule has 1 atom stereocenters. The third kappa shape index (κ3) is 3.39. The predicted molar refractivity (Wildman–Crippen MR) is 92.1 cm³/mol. The van der Waals surface area contributed by atoms with Crippen LogP contribution in [0.5, 0.6) is 5.75 Å². The lowest BCUT2D eigenvalue weighted by molar-refractivity contribution is -0.133. The standard InChI is InChI=1S/C19H23N3O3/c1-14-11-16(20-25-14)17-6-4-8-22(17)19(23)13-21-9-10-24-18-7-3-2-5-15(18)12-21/h2-3,5,7,11,17H,4,6,8-10,12-13H2,1H3/t17-/m1/s1. The van der Waals surface area contributed by atoms with Gasteiger partial charge in [0.2, 0.25) is 5.91 Å². The number of hydrogen-bond acceptors (Lipinski definition) is 5. The second kappa shape index (κ2) is 6.88. The van der Waals surface area contributed by atoms with E-state index in [4.69, 9.17) is 9.26 Å². The van der Waals surface area contributed by atoms with Gasteiger partial charge in [-0.1, -0.05) is 23.4 Å². The van der Waals surface area contributed by atoms with Gasteiger partial charge in [0.1, 0.15) is 23.8 Å². The monoisotopic (exact) mass is 341 g/mol. The summed E-state index contributed by atoms with van der Waals surface area (Å²) in [6, 6.07) is 10.0. The SMILES string of the molecule is Cc1cc([C@H]2CCCN2C(=O)CN2CCOc3ccccc3C2)no1. The molecule has 0 N–H and O–H groups in total. The molecule has 2 aliphatic heterocycles. The minimum atomic E-state index is 0.0421. The molecule has 1 fully saturated rings. The lowest BCUT2D eigenvalue weighted by atomic mass is 10.1. The molecule has 25 heavy (non-hydrogen) atoms. The van der Waals surface area contributed by atoms with E-state index in [1.807, 2.05) is 36.1 Å². The molecule has 0 spiro atoms. The Bertz CT molecular complexity index is 758. The fourth-order valence-corrected chi connectivity index (χ4v) is 3.71. The number of carbonyl (C=O) groups is 1. The molecule has 4 rings (SSSR count). The smallest absolute Gasteiger partial charge is 0.237 e. The van der Waals surface area contributed by atoms with Crippen LogP contribution in [0.1, 0.15) is 35.9 Å². The van der Waals surface area contributed by atoms with Gasteiger partial charge in [-0.2, -0.15) is 0 Å². The second-order valence-corrected chi connectivity index (χ2v) is 6.77. The average molecular weight is 341 g/mol. The van der Waals surface area contributed by atoms with Crippen LogP contribution in [-0.4, -0.2) is 47.1 Å². The molecule has 0 aliphatic carbocycles. The molecule has 3 heterocycles. The number of carbonyl (C=O) groups excluding carboxylic acids is 1. The van der Waals surface area contributed by atoms with E-state index in [1.165, 1.54) is 0 Å². The number of fused-ring (bicyclic) bond motifs is 1. The van der Waals surface area contributed by atoms with Gasteiger partial charge in [0.25, 0.3) is 0 Å². The highest BCUT2D eigenvalue weighted by molar-refractivity contribution is 5.79. The molecular weight excluding hydrogens is 318 g/mol. The number of nitrogens with zero attached hydrogens (tertiary/aromatic N) is 3. The van der Waals surface area contributed by atoms with Crippen molar-refractivity contribution in [1.82, 2.24) is 15.0 Å². The number of para-hydroxylation sites is 1. The number of ether oxygens (including phenoxy) is 1. The Morgan fingerprint density at radius 3 is 3.04 bits per heavy atom. The van der Waals surface area contributed by atoms with Crippen LogP contribution >= 0.6 is 0 Å². The van der Waals surface area contributed by atoms with E-state index in [0.717, 1.165) is 55.2 Å². The summed E-state index contributed by atoms with van der Waals surface area (Å²) < 4.78 is 11.0. The van der Waals surface area contributed by atoms with Gasteiger partial charge in [-0.3, -0.25) is 9.69 Å². The van der Waals surface area contributed by atoms with Crippen molar-refractivity contribution in [3.63, 3.8) is 0 Å². The minimum absolute atomic E-state index is 0.0421. The second-order valence-electron chi connectivity index (χ2n) is 6.77. The summed E-state index contributed by atoms with van der Waals surface area (Å²) in [5.41, 5.74) is 2.01. The van der Waals surface area contributed by atoms with Crippen molar-refractivity contribution in [3.05, 3.63) is 47.3 Å². The largest absolute Gasteiger partial charge is 0.492 e. The zero-order valence-electron chi connectivity index (χ0n) is 14.5. The number of rotatable bonds is 3. The normalized spacial score (nSPS) is 20.8. The van der Waals surface area contributed by atoms with Crippen molar-refractivity contribution in [2.45, 2.75) is 32.4 Å². The highest BCUT2D eigenvalue weighted by Gasteiger charge is 2.33. The Balaban J connectivity index is 1.44. The lowest BCUT2D eigenvalue weighted by Crippen LogP contribution is -2.40. The molecule has 6 heteroatoms. The summed E-state index contributed by atoms with van der Waals surface area (Å²) >= 11 is 0. The van der Waals surface area contributed by atoms with Crippen LogP contribution in [0, 0.1) is 6.92 Å². The average Bonchev–Trinajstić information content (AvgIpc) is 3.20. The molecule has 2 aliphatic rings. The molecule has 1 aromatic carbocycles. The van der Waals surface area contributed by atoms with Crippen molar-refractivity contribution >= 4 is 5.91 Å². The third-order valence-corrected chi connectivity index (χ3v) is 4.95. The van der Waals surface area contributed by atoms with Crippen LogP contribution in [0.15, 0.2) is 34.9 Å². The van der Waals surface area contributed by atoms with E-state index >= 15 is 0 Å². The Morgan fingerprint density at radius 1 is 1.32 bits per heavy atom. The van der Waals surface area contributed by atoms with E-state index in [-0.39, 0.29) is 11.9 Å². The van der Waals surface area contributed by atoms with Crippen LogP contribution in [0.3, 0.4) is 0 Å². The van der Waals surface area contributed by atoms with Crippen LogP contribution in [0.4, 0.5) is 0 Å². The summed E-state index contributed by atoms with van der Waals surface area (Å²) in [7, 11) is 0. The van der Waals surface area contributed by atoms with Crippen LogP contribution in [-0.2, 0) is 11.3 Å². The van der Waals surface area contributed by atoms with Gasteiger partial charge in [0, 0.05) is 31.3 Å². The van der Waals surface area contributed by atoms with Crippen molar-refractivity contribution in [1.29, 1.82) is 0 Å². The maximum atomic E-state index is 12.9. The maximum absolute atomic E-state index is 12.9. The van der Waals surface area contributed by atoms with E-state index in [1.54, 1.807) is 0 Å². The highest BCUT2D eigenvalue weighted by Crippen LogP contribution is 2.32. The number of aromatic nitrogens is 1. The van der Waals surface area contributed by atoms with E-state index in [2.05, 4.69) is 16.1 Å². The van der Waals surface area contributed by atoms with Crippen LogP contribution < -0.4 is 4.74 Å². The van der Waals surface area contributed by atoms with Crippen molar-refractivity contribution < 1.29 is 14.1 Å². The highest BCUT2D eigenvalue weighted by atomic mass is 16.5. The first kappa shape index (κ1) is 16.1. The summed E-state index contributed by atoms with van der Waals surface area (Å²) in [5.74, 6) is 1.87. The molecule has 1 aromatic heterocycles. The van der Waals surface area contributed by atoms with Gasteiger partial charge in [-0.15, -0.1) is 0 Å². The fraction of sp³-hybridized carbons (Fsp3) is 0.474. The zero-order chi connectivity index (χ0) is 17.2. The van der Waals surface area contributed by atoms with E-state index < -0.39 is 0 Å².